The summed E-state index contributed by atoms with van der Waals surface area (Å²) in [6, 6.07) is 3.45. The molecular formula is C15H26N2O3. The van der Waals surface area contributed by atoms with Crippen molar-refractivity contribution >= 4 is 5.91 Å². The summed E-state index contributed by atoms with van der Waals surface area (Å²) in [6.07, 6.45) is 0.0961. The third kappa shape index (κ3) is 5.35. The van der Waals surface area contributed by atoms with E-state index in [-0.39, 0.29) is 11.9 Å². The third-order valence-electron chi connectivity index (χ3n) is 3.23. The maximum atomic E-state index is 12.0. The van der Waals surface area contributed by atoms with E-state index in [1.807, 2.05) is 13.0 Å². The van der Waals surface area contributed by atoms with Crippen LogP contribution in [0.2, 0.25) is 0 Å². The van der Waals surface area contributed by atoms with Gasteiger partial charge in [0.1, 0.15) is 5.76 Å². The van der Waals surface area contributed by atoms with Crippen molar-refractivity contribution in [2.45, 2.75) is 52.8 Å². The monoisotopic (exact) mass is 282 g/mol. The fraction of sp³-hybridized carbons (Fsp3) is 0.667. The van der Waals surface area contributed by atoms with Crippen molar-refractivity contribution in [1.29, 1.82) is 0 Å². The molecule has 0 aliphatic rings. The molecule has 0 radical (unpaired) electrons. The summed E-state index contributed by atoms with van der Waals surface area (Å²) in [5.74, 6) is 0.885. The number of amides is 1. The molecule has 1 heterocycles. The third-order valence-corrected chi connectivity index (χ3v) is 3.23. The fourth-order valence-corrected chi connectivity index (χ4v) is 2.12. The zero-order valence-electron chi connectivity index (χ0n) is 12.8. The molecule has 0 aliphatic heterocycles. The molecule has 1 aromatic heterocycles. The summed E-state index contributed by atoms with van der Waals surface area (Å²) < 4.78 is 5.57. The van der Waals surface area contributed by atoms with Crippen molar-refractivity contribution in [1.82, 2.24) is 10.2 Å². The van der Waals surface area contributed by atoms with Gasteiger partial charge in [0.2, 0.25) is 0 Å². The number of nitrogens with zero attached hydrogens (tertiary/aromatic N) is 1. The molecule has 114 valence electrons. The molecule has 0 spiro atoms. The van der Waals surface area contributed by atoms with Crippen molar-refractivity contribution in [3.8, 4) is 0 Å². The minimum Gasteiger partial charge on any atom is -0.455 e. The van der Waals surface area contributed by atoms with E-state index in [0.29, 0.717) is 18.7 Å². The molecule has 1 rings (SSSR count). The minimum absolute atomic E-state index is 0.0844. The molecule has 1 aromatic rings. The van der Waals surface area contributed by atoms with E-state index in [2.05, 4.69) is 24.1 Å². The normalized spacial score (nSPS) is 14.3. The first kappa shape index (κ1) is 16.7. The Hall–Kier alpha value is -1.33. The number of carbonyl (C=O) groups is 1. The van der Waals surface area contributed by atoms with E-state index in [0.717, 1.165) is 18.8 Å². The van der Waals surface area contributed by atoms with Gasteiger partial charge in [-0.05, 0) is 45.5 Å². The van der Waals surface area contributed by atoms with Gasteiger partial charge in [0.05, 0.1) is 12.6 Å². The lowest BCUT2D eigenvalue weighted by Gasteiger charge is -2.16. The van der Waals surface area contributed by atoms with Crippen LogP contribution in [0.5, 0.6) is 0 Å². The van der Waals surface area contributed by atoms with Crippen molar-refractivity contribution < 1.29 is 14.3 Å². The highest BCUT2D eigenvalue weighted by Gasteiger charge is 2.15. The van der Waals surface area contributed by atoms with Gasteiger partial charge in [-0.2, -0.15) is 0 Å². The van der Waals surface area contributed by atoms with Crippen LogP contribution in [0.1, 0.15) is 50.4 Å². The maximum Gasteiger partial charge on any atom is 0.287 e. The lowest BCUT2D eigenvalue weighted by atomic mass is 10.1. The van der Waals surface area contributed by atoms with Crippen LogP contribution in [0.15, 0.2) is 16.5 Å². The molecule has 0 saturated heterocycles. The average molecular weight is 282 g/mol. The lowest BCUT2D eigenvalue weighted by Crippen LogP contribution is -2.34. The predicted molar refractivity (Wildman–Crippen MR) is 78.6 cm³/mol. The Labute approximate surface area is 121 Å². The maximum absolute atomic E-state index is 12.0. The van der Waals surface area contributed by atoms with Crippen LogP contribution in [-0.2, 0) is 6.54 Å². The molecule has 5 nitrogen and oxygen atoms in total. The van der Waals surface area contributed by atoms with Gasteiger partial charge < -0.3 is 14.8 Å². The quantitative estimate of drug-likeness (QED) is 0.765. The second kappa shape index (κ2) is 8.07. The molecular weight excluding hydrogens is 256 g/mol. The van der Waals surface area contributed by atoms with E-state index in [1.54, 1.807) is 13.0 Å². The van der Waals surface area contributed by atoms with Crippen molar-refractivity contribution in [3.05, 3.63) is 23.7 Å². The molecule has 0 aliphatic carbocycles. The number of nitrogens with one attached hydrogen (secondary N) is 1. The van der Waals surface area contributed by atoms with Crippen molar-refractivity contribution in [2.24, 2.45) is 0 Å². The number of aliphatic hydroxyl groups is 1. The summed E-state index contributed by atoms with van der Waals surface area (Å²) in [6.45, 7) is 10.4. The van der Waals surface area contributed by atoms with E-state index >= 15 is 0 Å². The number of aliphatic hydroxyl groups excluding tert-OH is 1. The summed E-state index contributed by atoms with van der Waals surface area (Å²) >= 11 is 0. The molecule has 0 fully saturated rings. The van der Waals surface area contributed by atoms with Gasteiger partial charge in [0.25, 0.3) is 5.91 Å². The van der Waals surface area contributed by atoms with E-state index in [1.165, 1.54) is 0 Å². The van der Waals surface area contributed by atoms with Gasteiger partial charge in [-0.15, -0.1) is 0 Å². The predicted octanol–water partition coefficient (Wildman–Crippen LogP) is 2.01. The van der Waals surface area contributed by atoms with Crippen LogP contribution in [0, 0.1) is 0 Å². The molecule has 2 unspecified atom stereocenters. The number of hydrogen-bond donors (Lipinski definition) is 2. The van der Waals surface area contributed by atoms with Gasteiger partial charge in [-0.25, -0.2) is 0 Å². The highest BCUT2D eigenvalue weighted by molar-refractivity contribution is 5.91. The summed E-state index contributed by atoms with van der Waals surface area (Å²) in [5.41, 5.74) is 0. The van der Waals surface area contributed by atoms with Crippen LogP contribution < -0.4 is 5.32 Å². The SMILES string of the molecule is CCN(CC)Cc1ccc(C(=O)NC(C)CC(C)O)o1. The molecule has 0 saturated carbocycles. The lowest BCUT2D eigenvalue weighted by molar-refractivity contribution is 0.0891. The van der Waals surface area contributed by atoms with Crippen LogP contribution in [-0.4, -0.2) is 41.1 Å². The largest absolute Gasteiger partial charge is 0.455 e. The summed E-state index contributed by atoms with van der Waals surface area (Å²) in [5, 5.41) is 12.1. The Bertz CT molecular complexity index is 411. The van der Waals surface area contributed by atoms with Gasteiger partial charge in [0.15, 0.2) is 5.76 Å². The molecule has 2 atom stereocenters. The number of carbonyl (C=O) groups excluding carboxylic acids is 1. The first-order valence-electron chi connectivity index (χ1n) is 7.26. The number of rotatable bonds is 8. The standard InChI is InChI=1S/C15H26N2O3/c1-5-17(6-2)10-13-7-8-14(20-13)15(19)16-11(3)9-12(4)18/h7-8,11-12,18H,5-6,9-10H2,1-4H3,(H,16,19). The average Bonchev–Trinajstić information content (AvgIpc) is 2.83. The van der Waals surface area contributed by atoms with E-state index < -0.39 is 6.10 Å². The molecule has 2 N–H and O–H groups in total. The highest BCUT2D eigenvalue weighted by Crippen LogP contribution is 2.11. The molecule has 0 aromatic carbocycles. The first-order valence-corrected chi connectivity index (χ1v) is 7.26. The Balaban J connectivity index is 2.55. The van der Waals surface area contributed by atoms with Crippen LogP contribution in [0.25, 0.3) is 0 Å². The van der Waals surface area contributed by atoms with Crippen molar-refractivity contribution in [2.75, 3.05) is 13.1 Å². The zero-order chi connectivity index (χ0) is 15.1. The molecule has 0 bridgehead atoms. The van der Waals surface area contributed by atoms with Crippen LogP contribution >= 0.6 is 0 Å². The smallest absolute Gasteiger partial charge is 0.287 e. The van der Waals surface area contributed by atoms with Crippen LogP contribution in [0.4, 0.5) is 0 Å². The highest BCUT2D eigenvalue weighted by atomic mass is 16.4. The minimum atomic E-state index is -0.430. The second-order valence-electron chi connectivity index (χ2n) is 5.19. The fourth-order valence-electron chi connectivity index (χ4n) is 2.12. The summed E-state index contributed by atoms with van der Waals surface area (Å²) in [7, 11) is 0. The van der Waals surface area contributed by atoms with E-state index in [4.69, 9.17) is 4.42 Å². The number of hydrogen-bond acceptors (Lipinski definition) is 4. The van der Waals surface area contributed by atoms with Gasteiger partial charge in [0, 0.05) is 6.04 Å². The van der Waals surface area contributed by atoms with Crippen molar-refractivity contribution in [3.63, 3.8) is 0 Å². The Morgan fingerprint density at radius 1 is 1.35 bits per heavy atom. The molecule has 1 amide bonds. The second-order valence-corrected chi connectivity index (χ2v) is 5.19. The Morgan fingerprint density at radius 2 is 2.00 bits per heavy atom. The topological polar surface area (TPSA) is 65.7 Å². The Morgan fingerprint density at radius 3 is 2.55 bits per heavy atom. The van der Waals surface area contributed by atoms with Gasteiger partial charge in [-0.1, -0.05) is 13.8 Å². The zero-order valence-corrected chi connectivity index (χ0v) is 12.8. The molecule has 20 heavy (non-hydrogen) atoms. The first-order chi connectivity index (χ1) is 9.46. The molecule has 5 heteroatoms. The van der Waals surface area contributed by atoms with Gasteiger partial charge in [-0.3, -0.25) is 9.69 Å². The summed E-state index contributed by atoms with van der Waals surface area (Å²) in [4.78, 5) is 14.2. The van der Waals surface area contributed by atoms with E-state index in [9.17, 15) is 9.90 Å². The Kier molecular flexibility index (Phi) is 6.75. The number of furan rings is 1. The van der Waals surface area contributed by atoms with Gasteiger partial charge >= 0.3 is 0 Å². The van der Waals surface area contributed by atoms with Crippen LogP contribution in [0.3, 0.4) is 0 Å².